The summed E-state index contributed by atoms with van der Waals surface area (Å²) in [6.45, 7) is 0.779. The van der Waals surface area contributed by atoms with E-state index in [0.29, 0.717) is 0 Å². The second-order valence-electron chi connectivity index (χ2n) is 5.48. The molecule has 1 fully saturated rings. The predicted octanol–water partition coefficient (Wildman–Crippen LogP) is -0.230. The third-order valence-electron chi connectivity index (χ3n) is 3.81. The molecule has 0 bridgehead atoms. The third kappa shape index (κ3) is 4.09. The molecule has 5 atom stereocenters. The molecule has 23 heavy (non-hydrogen) atoms. The van der Waals surface area contributed by atoms with Crippen LogP contribution in [-0.2, 0) is 9.53 Å². The molecule has 2 rings (SSSR count). The fourth-order valence-electron chi connectivity index (χ4n) is 2.53. The average Bonchev–Trinajstić information content (AvgIpc) is 2.98. The van der Waals surface area contributed by atoms with Crippen LogP contribution in [0.4, 0.5) is 0 Å². The van der Waals surface area contributed by atoms with Crippen LogP contribution in [0.3, 0.4) is 0 Å². The summed E-state index contributed by atoms with van der Waals surface area (Å²) in [7, 11) is 0. The first-order valence-electron chi connectivity index (χ1n) is 7.18. The minimum Gasteiger partial charge on any atom is -0.394 e. The quantitative estimate of drug-likeness (QED) is 0.553. The lowest BCUT2D eigenvalue weighted by Crippen LogP contribution is -2.47. The number of ether oxygens (including phenoxy) is 1. The highest BCUT2D eigenvalue weighted by atomic mass is 79.9. The molecule has 1 aliphatic rings. The lowest BCUT2D eigenvalue weighted by molar-refractivity contribution is -0.139. The highest BCUT2D eigenvalue weighted by Crippen LogP contribution is 2.33. The third-order valence-corrected chi connectivity index (χ3v) is 4.31. The molecule has 1 saturated heterocycles. The number of hydrogen-bond acceptors (Lipinski definition) is 6. The Hall–Kier alpha value is -1.03. The first-order valence-corrected chi connectivity index (χ1v) is 7.97. The Balaban J connectivity index is 2.19. The molecule has 0 saturated carbocycles. The molecule has 1 aromatic rings. The van der Waals surface area contributed by atoms with Gasteiger partial charge in [0.25, 0.3) is 0 Å². The van der Waals surface area contributed by atoms with Crippen LogP contribution < -0.4 is 0 Å². The van der Waals surface area contributed by atoms with Gasteiger partial charge in [-0.25, -0.2) is 0 Å². The van der Waals surface area contributed by atoms with Gasteiger partial charge in [-0.2, -0.15) is 0 Å². The van der Waals surface area contributed by atoms with Crippen LogP contribution in [0.15, 0.2) is 28.7 Å². The van der Waals surface area contributed by atoms with E-state index in [1.165, 1.54) is 11.8 Å². The van der Waals surface area contributed by atoms with Crippen molar-refractivity contribution in [3.8, 4) is 0 Å². The Morgan fingerprint density at radius 1 is 1.43 bits per heavy atom. The maximum Gasteiger partial charge on any atom is 0.221 e. The van der Waals surface area contributed by atoms with Gasteiger partial charge in [0.1, 0.15) is 24.4 Å². The van der Waals surface area contributed by atoms with Crippen LogP contribution >= 0.6 is 15.9 Å². The smallest absolute Gasteiger partial charge is 0.221 e. The molecule has 0 spiro atoms. The highest BCUT2D eigenvalue weighted by molar-refractivity contribution is 9.10. The number of carbonyl (C=O) groups is 1. The van der Waals surface area contributed by atoms with Gasteiger partial charge < -0.3 is 30.1 Å². The van der Waals surface area contributed by atoms with E-state index in [2.05, 4.69) is 15.9 Å². The lowest BCUT2D eigenvalue weighted by atomic mass is 10.0. The van der Waals surface area contributed by atoms with E-state index in [4.69, 9.17) is 9.84 Å². The summed E-state index contributed by atoms with van der Waals surface area (Å²) in [5, 5.41) is 38.3. The zero-order valence-electron chi connectivity index (χ0n) is 12.5. The number of aliphatic hydroxyl groups is 4. The SMILES string of the molecule is CC(=O)N1C[C@@H]([C@@H](O)[C@H](O)[C@H](O)CO)O[C@@H]1c1cccc(Br)c1. The number of aliphatic hydroxyl groups excluding tert-OH is 4. The Morgan fingerprint density at radius 3 is 2.70 bits per heavy atom. The zero-order chi connectivity index (χ0) is 17.1. The van der Waals surface area contributed by atoms with Crippen molar-refractivity contribution in [3.05, 3.63) is 34.3 Å². The number of carbonyl (C=O) groups excluding carboxylic acids is 1. The van der Waals surface area contributed by atoms with Crippen molar-refractivity contribution in [2.45, 2.75) is 37.6 Å². The summed E-state index contributed by atoms with van der Waals surface area (Å²) in [6.07, 6.45) is -6.05. The second-order valence-corrected chi connectivity index (χ2v) is 6.40. The van der Waals surface area contributed by atoms with E-state index in [1.807, 2.05) is 6.07 Å². The van der Waals surface area contributed by atoms with Gasteiger partial charge in [-0.15, -0.1) is 0 Å². The standard InChI is InChI=1S/C15H20BrNO6/c1-8(19)17-6-12(14(22)13(21)11(20)7-18)23-15(17)9-3-2-4-10(16)5-9/h2-5,11-15,18,20-22H,6-7H2,1H3/t11-,12+,13-,14-,15-/m1/s1. The average molecular weight is 390 g/mol. The summed E-state index contributed by atoms with van der Waals surface area (Å²) in [5.74, 6) is -0.234. The van der Waals surface area contributed by atoms with Crippen LogP contribution in [0.1, 0.15) is 18.7 Å². The molecule has 4 N–H and O–H groups in total. The van der Waals surface area contributed by atoms with Crippen molar-refractivity contribution in [2.24, 2.45) is 0 Å². The number of nitrogens with zero attached hydrogens (tertiary/aromatic N) is 1. The number of rotatable bonds is 5. The molecule has 1 heterocycles. The van der Waals surface area contributed by atoms with Gasteiger partial charge in [-0.05, 0) is 12.1 Å². The highest BCUT2D eigenvalue weighted by Gasteiger charge is 2.42. The Labute approximate surface area is 142 Å². The van der Waals surface area contributed by atoms with Crippen molar-refractivity contribution in [2.75, 3.05) is 13.2 Å². The minimum absolute atomic E-state index is 0.0723. The zero-order valence-corrected chi connectivity index (χ0v) is 14.1. The van der Waals surface area contributed by atoms with E-state index >= 15 is 0 Å². The van der Waals surface area contributed by atoms with Crippen molar-refractivity contribution in [3.63, 3.8) is 0 Å². The van der Waals surface area contributed by atoms with E-state index in [1.54, 1.807) is 18.2 Å². The van der Waals surface area contributed by atoms with Crippen molar-refractivity contribution < 1.29 is 30.0 Å². The molecule has 7 nitrogen and oxygen atoms in total. The van der Waals surface area contributed by atoms with Crippen LogP contribution in [0.25, 0.3) is 0 Å². The van der Waals surface area contributed by atoms with Crippen LogP contribution in [0, 0.1) is 0 Å². The molecular formula is C15H20BrNO6. The van der Waals surface area contributed by atoms with Gasteiger partial charge in [-0.3, -0.25) is 4.79 Å². The molecule has 0 aromatic heterocycles. The fraction of sp³-hybridized carbons (Fsp3) is 0.533. The van der Waals surface area contributed by atoms with Gasteiger partial charge in [0.2, 0.25) is 5.91 Å². The minimum atomic E-state index is -1.57. The molecule has 0 unspecified atom stereocenters. The van der Waals surface area contributed by atoms with Crippen molar-refractivity contribution >= 4 is 21.8 Å². The van der Waals surface area contributed by atoms with E-state index in [9.17, 15) is 20.1 Å². The van der Waals surface area contributed by atoms with E-state index in [-0.39, 0.29) is 12.5 Å². The van der Waals surface area contributed by atoms with Gasteiger partial charge in [-0.1, -0.05) is 28.1 Å². The van der Waals surface area contributed by atoms with Crippen LogP contribution in [0.2, 0.25) is 0 Å². The van der Waals surface area contributed by atoms with Crippen molar-refractivity contribution in [1.82, 2.24) is 4.90 Å². The molecule has 0 radical (unpaired) electrons. The summed E-state index contributed by atoms with van der Waals surface area (Å²) in [6, 6.07) is 7.23. The maximum atomic E-state index is 11.8. The lowest BCUT2D eigenvalue weighted by Gasteiger charge is -2.25. The van der Waals surface area contributed by atoms with Crippen molar-refractivity contribution in [1.29, 1.82) is 0 Å². The molecule has 1 aliphatic heterocycles. The maximum absolute atomic E-state index is 11.8. The largest absolute Gasteiger partial charge is 0.394 e. The van der Waals surface area contributed by atoms with E-state index in [0.717, 1.165) is 10.0 Å². The number of halogens is 1. The van der Waals surface area contributed by atoms with Gasteiger partial charge in [0.05, 0.1) is 13.2 Å². The Morgan fingerprint density at radius 2 is 2.13 bits per heavy atom. The first-order chi connectivity index (χ1) is 10.8. The number of amides is 1. The number of hydrogen-bond donors (Lipinski definition) is 4. The summed E-state index contributed by atoms with van der Waals surface area (Å²) < 4.78 is 6.56. The summed E-state index contributed by atoms with van der Waals surface area (Å²) in [5.41, 5.74) is 0.724. The molecule has 128 valence electrons. The topological polar surface area (TPSA) is 110 Å². The summed E-state index contributed by atoms with van der Waals surface area (Å²) >= 11 is 3.35. The summed E-state index contributed by atoms with van der Waals surface area (Å²) in [4.78, 5) is 13.3. The molecule has 1 amide bonds. The number of benzene rings is 1. The molecular weight excluding hydrogens is 370 g/mol. The van der Waals surface area contributed by atoms with Gasteiger partial charge >= 0.3 is 0 Å². The van der Waals surface area contributed by atoms with Gasteiger partial charge in [0.15, 0.2) is 6.23 Å². The fourth-order valence-corrected chi connectivity index (χ4v) is 2.95. The normalized spacial score (nSPS) is 25.2. The Bertz CT molecular complexity index is 557. The monoisotopic (exact) mass is 389 g/mol. The van der Waals surface area contributed by atoms with Crippen LogP contribution in [-0.4, -0.2) is 68.8 Å². The Kier molecular flexibility index (Phi) is 6.12. The first kappa shape index (κ1) is 18.3. The van der Waals surface area contributed by atoms with E-state index < -0.39 is 37.3 Å². The van der Waals surface area contributed by atoms with Crippen LogP contribution in [0.5, 0.6) is 0 Å². The van der Waals surface area contributed by atoms with Gasteiger partial charge in [0, 0.05) is 17.0 Å². The molecule has 0 aliphatic carbocycles. The second kappa shape index (κ2) is 7.69. The molecule has 1 aromatic carbocycles. The predicted molar refractivity (Wildman–Crippen MR) is 84.2 cm³/mol. The molecule has 8 heteroatoms.